The minimum Gasteiger partial charge on any atom is -0.396 e. The van der Waals surface area contributed by atoms with E-state index in [0.717, 1.165) is 25.7 Å². The van der Waals surface area contributed by atoms with Gasteiger partial charge in [-0.05, 0) is 26.7 Å². The zero-order chi connectivity index (χ0) is 12.0. The van der Waals surface area contributed by atoms with Crippen LogP contribution in [0.25, 0.3) is 0 Å². The van der Waals surface area contributed by atoms with Crippen LogP contribution in [0.4, 0.5) is 0 Å². The van der Waals surface area contributed by atoms with Crippen molar-refractivity contribution >= 4 is 5.91 Å². The Kier molecular flexibility index (Phi) is 5.22. The number of aliphatic hydroxyl groups is 1. The molecule has 1 aliphatic carbocycles. The van der Waals surface area contributed by atoms with Gasteiger partial charge in [-0.15, -0.1) is 0 Å². The van der Waals surface area contributed by atoms with E-state index in [2.05, 4.69) is 5.32 Å². The molecule has 2 N–H and O–H groups in total. The first-order chi connectivity index (χ1) is 7.58. The van der Waals surface area contributed by atoms with Crippen LogP contribution in [0.3, 0.4) is 0 Å². The number of carbonyl (C=O) groups is 1. The molecular formula is C12H23NO3. The van der Waals surface area contributed by atoms with Crippen molar-refractivity contribution in [1.29, 1.82) is 0 Å². The van der Waals surface area contributed by atoms with Crippen molar-refractivity contribution in [2.75, 3.05) is 19.8 Å². The topological polar surface area (TPSA) is 58.6 Å². The molecule has 0 unspecified atom stereocenters. The van der Waals surface area contributed by atoms with Crippen LogP contribution in [0.2, 0.25) is 0 Å². The van der Waals surface area contributed by atoms with E-state index in [4.69, 9.17) is 4.74 Å². The molecule has 0 radical (unpaired) electrons. The number of hydrogen-bond acceptors (Lipinski definition) is 3. The summed E-state index contributed by atoms with van der Waals surface area (Å²) in [6.07, 6.45) is 4.39. The summed E-state index contributed by atoms with van der Waals surface area (Å²) in [5.41, 5.74) is -0.0759. The van der Waals surface area contributed by atoms with Gasteiger partial charge in [0.25, 0.3) is 0 Å². The van der Waals surface area contributed by atoms with Crippen molar-refractivity contribution in [2.24, 2.45) is 5.41 Å². The zero-order valence-electron chi connectivity index (χ0n) is 10.3. The highest BCUT2D eigenvalue weighted by Gasteiger charge is 2.33. The third-order valence-corrected chi connectivity index (χ3v) is 3.21. The van der Waals surface area contributed by atoms with Crippen molar-refractivity contribution in [3.05, 3.63) is 0 Å². The maximum Gasteiger partial charge on any atom is 0.246 e. The van der Waals surface area contributed by atoms with Crippen molar-refractivity contribution in [1.82, 2.24) is 5.32 Å². The van der Waals surface area contributed by atoms with Crippen molar-refractivity contribution in [3.8, 4) is 0 Å². The van der Waals surface area contributed by atoms with E-state index in [1.165, 1.54) is 0 Å². The molecule has 0 heterocycles. The molecule has 1 rings (SSSR count). The van der Waals surface area contributed by atoms with E-state index in [0.29, 0.717) is 6.54 Å². The molecule has 94 valence electrons. The predicted molar refractivity (Wildman–Crippen MR) is 62.1 cm³/mol. The van der Waals surface area contributed by atoms with Gasteiger partial charge < -0.3 is 15.2 Å². The van der Waals surface area contributed by atoms with E-state index in [9.17, 15) is 9.90 Å². The van der Waals surface area contributed by atoms with E-state index in [1.807, 2.05) is 13.8 Å². The largest absolute Gasteiger partial charge is 0.396 e. The molecule has 4 heteroatoms. The fraction of sp³-hybridized carbons (Fsp3) is 0.917. The van der Waals surface area contributed by atoms with Gasteiger partial charge in [0.1, 0.15) is 6.61 Å². The Bertz CT molecular complexity index is 222. The summed E-state index contributed by atoms with van der Waals surface area (Å²) in [7, 11) is 0. The Morgan fingerprint density at radius 1 is 1.44 bits per heavy atom. The van der Waals surface area contributed by atoms with E-state index in [1.54, 1.807) is 0 Å². The maximum atomic E-state index is 11.4. The Labute approximate surface area is 97.4 Å². The van der Waals surface area contributed by atoms with Crippen molar-refractivity contribution in [2.45, 2.75) is 45.6 Å². The van der Waals surface area contributed by atoms with Crippen LogP contribution in [0.1, 0.15) is 39.5 Å². The summed E-state index contributed by atoms with van der Waals surface area (Å²) in [5.74, 6) is -0.0894. The van der Waals surface area contributed by atoms with Crippen molar-refractivity contribution in [3.63, 3.8) is 0 Å². The summed E-state index contributed by atoms with van der Waals surface area (Å²) >= 11 is 0. The minimum absolute atomic E-state index is 0.0732. The predicted octanol–water partition coefficient (Wildman–Crippen LogP) is 1.08. The average molecular weight is 229 g/mol. The van der Waals surface area contributed by atoms with Crippen LogP contribution >= 0.6 is 0 Å². The van der Waals surface area contributed by atoms with Gasteiger partial charge in [0, 0.05) is 12.0 Å². The lowest BCUT2D eigenvalue weighted by Gasteiger charge is -2.26. The van der Waals surface area contributed by atoms with E-state index < -0.39 is 0 Å². The number of rotatable bonds is 6. The summed E-state index contributed by atoms with van der Waals surface area (Å²) in [6, 6.07) is 0. The molecule has 0 atom stereocenters. The molecule has 0 aromatic rings. The molecule has 1 saturated carbocycles. The van der Waals surface area contributed by atoms with E-state index in [-0.39, 0.29) is 30.6 Å². The van der Waals surface area contributed by atoms with Crippen LogP contribution in [0.5, 0.6) is 0 Å². The van der Waals surface area contributed by atoms with Crippen LogP contribution in [0.15, 0.2) is 0 Å². The first kappa shape index (κ1) is 13.5. The lowest BCUT2D eigenvalue weighted by molar-refractivity contribution is -0.127. The highest BCUT2D eigenvalue weighted by Crippen LogP contribution is 2.36. The second kappa shape index (κ2) is 6.21. The van der Waals surface area contributed by atoms with Crippen LogP contribution in [0, 0.1) is 5.41 Å². The third-order valence-electron chi connectivity index (χ3n) is 3.21. The summed E-state index contributed by atoms with van der Waals surface area (Å²) in [4.78, 5) is 11.4. The Hall–Kier alpha value is -0.610. The normalized spacial score (nSPS) is 19.0. The quantitative estimate of drug-likeness (QED) is 0.716. The lowest BCUT2D eigenvalue weighted by Crippen LogP contribution is -2.40. The van der Waals surface area contributed by atoms with Gasteiger partial charge in [-0.3, -0.25) is 4.79 Å². The van der Waals surface area contributed by atoms with Gasteiger partial charge in [0.05, 0.1) is 12.7 Å². The van der Waals surface area contributed by atoms with Crippen LogP contribution in [-0.2, 0) is 9.53 Å². The third kappa shape index (κ3) is 4.10. The monoisotopic (exact) mass is 229 g/mol. The first-order valence-corrected chi connectivity index (χ1v) is 6.07. The summed E-state index contributed by atoms with van der Waals surface area (Å²) in [6.45, 7) is 4.65. The van der Waals surface area contributed by atoms with Crippen LogP contribution < -0.4 is 5.32 Å². The molecule has 1 fully saturated rings. The fourth-order valence-corrected chi connectivity index (χ4v) is 2.10. The van der Waals surface area contributed by atoms with Crippen molar-refractivity contribution < 1.29 is 14.6 Å². The molecule has 0 aromatic heterocycles. The number of hydrogen-bond donors (Lipinski definition) is 2. The molecule has 0 aromatic carbocycles. The molecule has 0 bridgehead atoms. The zero-order valence-corrected chi connectivity index (χ0v) is 10.3. The van der Waals surface area contributed by atoms with Crippen LogP contribution in [-0.4, -0.2) is 36.9 Å². The molecule has 0 saturated heterocycles. The van der Waals surface area contributed by atoms with Gasteiger partial charge in [-0.25, -0.2) is 0 Å². The molecular weight excluding hydrogens is 206 g/mol. The van der Waals surface area contributed by atoms with E-state index >= 15 is 0 Å². The Morgan fingerprint density at radius 2 is 2.06 bits per heavy atom. The second-order valence-electron chi connectivity index (χ2n) is 5.00. The summed E-state index contributed by atoms with van der Waals surface area (Å²) < 4.78 is 5.21. The Balaban J connectivity index is 2.24. The number of ether oxygens (including phenoxy) is 1. The Morgan fingerprint density at radius 3 is 2.56 bits per heavy atom. The van der Waals surface area contributed by atoms with Gasteiger partial charge >= 0.3 is 0 Å². The highest BCUT2D eigenvalue weighted by molar-refractivity contribution is 5.77. The molecule has 1 amide bonds. The smallest absolute Gasteiger partial charge is 0.246 e. The number of aliphatic hydroxyl groups excluding tert-OH is 1. The SMILES string of the molecule is CC(C)OCC(=O)NCC1(CO)CCCC1. The minimum atomic E-state index is -0.0894. The second-order valence-corrected chi connectivity index (χ2v) is 5.00. The molecule has 0 aliphatic heterocycles. The molecule has 0 spiro atoms. The van der Waals surface area contributed by atoms with Gasteiger partial charge in [0.2, 0.25) is 5.91 Å². The molecule has 16 heavy (non-hydrogen) atoms. The number of nitrogens with one attached hydrogen (secondary N) is 1. The standard InChI is InChI=1S/C12H23NO3/c1-10(2)16-7-11(15)13-8-12(9-14)5-3-4-6-12/h10,14H,3-9H2,1-2H3,(H,13,15). The first-order valence-electron chi connectivity index (χ1n) is 6.07. The maximum absolute atomic E-state index is 11.4. The molecule has 4 nitrogen and oxygen atoms in total. The van der Waals surface area contributed by atoms with Gasteiger partial charge in [-0.2, -0.15) is 0 Å². The number of amides is 1. The number of carbonyl (C=O) groups excluding carboxylic acids is 1. The molecule has 1 aliphatic rings. The average Bonchev–Trinajstić information content (AvgIpc) is 2.73. The van der Waals surface area contributed by atoms with Gasteiger partial charge in [0.15, 0.2) is 0 Å². The lowest BCUT2D eigenvalue weighted by atomic mass is 9.87. The van der Waals surface area contributed by atoms with Gasteiger partial charge in [-0.1, -0.05) is 12.8 Å². The fourth-order valence-electron chi connectivity index (χ4n) is 2.10. The summed E-state index contributed by atoms with van der Waals surface area (Å²) in [5, 5.41) is 12.2. The highest BCUT2D eigenvalue weighted by atomic mass is 16.5.